The van der Waals surface area contributed by atoms with E-state index in [1.54, 1.807) is 0 Å². The highest BCUT2D eigenvalue weighted by Gasteiger charge is 2.26. The summed E-state index contributed by atoms with van der Waals surface area (Å²) in [7, 11) is 1.88. The number of H-pyrrole nitrogens is 1. The van der Waals surface area contributed by atoms with E-state index in [0.29, 0.717) is 5.56 Å². The van der Waals surface area contributed by atoms with Crippen LogP contribution in [0.2, 0.25) is 0 Å². The third-order valence-corrected chi connectivity index (χ3v) is 5.32. The van der Waals surface area contributed by atoms with Crippen LogP contribution < -0.4 is 0 Å². The number of carbonyl (C=O) groups is 1. The van der Waals surface area contributed by atoms with Crippen LogP contribution in [0.5, 0.6) is 0 Å². The smallest absolute Gasteiger partial charge is 0.254 e. The maximum absolute atomic E-state index is 13.3. The summed E-state index contributed by atoms with van der Waals surface area (Å²) in [5.41, 5.74) is 6.32. The second-order valence-corrected chi connectivity index (χ2v) is 7.38. The first-order valence-electron chi connectivity index (χ1n) is 9.51. The van der Waals surface area contributed by atoms with Gasteiger partial charge in [-0.25, -0.2) is 0 Å². The van der Waals surface area contributed by atoms with Gasteiger partial charge in [0.15, 0.2) is 0 Å². The summed E-state index contributed by atoms with van der Waals surface area (Å²) in [5.74, 6) is 0.0101. The number of benzene rings is 3. The Morgan fingerprint density at radius 2 is 1.46 bits per heavy atom. The third-order valence-electron chi connectivity index (χ3n) is 5.32. The summed E-state index contributed by atoms with van der Waals surface area (Å²) < 4.78 is 0. The van der Waals surface area contributed by atoms with Gasteiger partial charge in [0.25, 0.3) is 5.91 Å². The number of hydrogen-bond acceptors (Lipinski definition) is 1. The first kappa shape index (κ1) is 18.1. The Balaban J connectivity index is 1.81. The summed E-state index contributed by atoms with van der Waals surface area (Å²) >= 11 is 0. The van der Waals surface area contributed by atoms with Crippen molar-refractivity contribution in [1.82, 2.24) is 9.88 Å². The fourth-order valence-corrected chi connectivity index (χ4v) is 3.70. The van der Waals surface area contributed by atoms with E-state index in [0.717, 1.165) is 27.6 Å². The van der Waals surface area contributed by atoms with Gasteiger partial charge in [-0.05, 0) is 37.6 Å². The molecule has 0 bridgehead atoms. The highest BCUT2D eigenvalue weighted by molar-refractivity contribution is 5.95. The van der Waals surface area contributed by atoms with Gasteiger partial charge >= 0.3 is 0 Å². The van der Waals surface area contributed by atoms with Crippen molar-refractivity contribution in [2.75, 3.05) is 7.05 Å². The van der Waals surface area contributed by atoms with Crippen LogP contribution in [0.3, 0.4) is 0 Å². The third kappa shape index (κ3) is 3.31. The monoisotopic (exact) mass is 368 g/mol. The molecule has 1 aromatic heterocycles. The number of fused-ring (bicyclic) bond motifs is 1. The van der Waals surface area contributed by atoms with Gasteiger partial charge in [0.1, 0.15) is 0 Å². The minimum absolute atomic E-state index is 0.0101. The number of aromatic amines is 1. The SMILES string of the molecule is Cc1ccc(C(=O)N(C)[C@@H](c2ccc(C)cc2)c2c[nH]c3ccccc23)cc1. The molecule has 0 unspecified atom stereocenters. The molecule has 1 heterocycles. The minimum Gasteiger partial charge on any atom is -0.361 e. The van der Waals surface area contributed by atoms with Crippen molar-refractivity contribution < 1.29 is 4.79 Å². The van der Waals surface area contributed by atoms with E-state index in [1.807, 2.05) is 61.5 Å². The largest absolute Gasteiger partial charge is 0.361 e. The lowest BCUT2D eigenvalue weighted by Crippen LogP contribution is -2.32. The molecule has 140 valence electrons. The molecule has 0 aliphatic carbocycles. The standard InChI is InChI=1S/C25H24N2O/c1-17-8-12-19(13-9-17)24(22-16-26-23-7-5-4-6-21(22)23)27(3)25(28)20-14-10-18(2)11-15-20/h4-16,24,26H,1-3H3/t24-/m0/s1. The van der Waals surface area contributed by atoms with E-state index in [2.05, 4.69) is 48.3 Å². The average Bonchev–Trinajstić information content (AvgIpc) is 3.13. The zero-order chi connectivity index (χ0) is 19.7. The number of rotatable bonds is 4. The first-order valence-corrected chi connectivity index (χ1v) is 9.51. The lowest BCUT2D eigenvalue weighted by Gasteiger charge is -2.29. The second-order valence-electron chi connectivity index (χ2n) is 7.38. The Morgan fingerprint density at radius 3 is 2.14 bits per heavy atom. The van der Waals surface area contributed by atoms with Crippen LogP contribution in [-0.2, 0) is 0 Å². The molecule has 1 amide bonds. The molecular weight excluding hydrogens is 344 g/mol. The number of nitrogens with one attached hydrogen (secondary N) is 1. The molecule has 0 saturated heterocycles. The molecule has 0 spiro atoms. The average molecular weight is 368 g/mol. The van der Waals surface area contributed by atoms with Crippen LogP contribution >= 0.6 is 0 Å². The van der Waals surface area contributed by atoms with Gasteiger partial charge in [0.05, 0.1) is 6.04 Å². The molecule has 1 atom stereocenters. The molecule has 3 aromatic carbocycles. The Morgan fingerprint density at radius 1 is 0.857 bits per heavy atom. The number of nitrogens with zero attached hydrogens (tertiary/aromatic N) is 1. The van der Waals surface area contributed by atoms with Crippen molar-refractivity contribution in [1.29, 1.82) is 0 Å². The van der Waals surface area contributed by atoms with Gasteiger partial charge in [-0.3, -0.25) is 4.79 Å². The van der Waals surface area contributed by atoms with Crippen molar-refractivity contribution in [3.63, 3.8) is 0 Å². The summed E-state index contributed by atoms with van der Waals surface area (Å²) in [6.07, 6.45) is 2.02. The van der Waals surface area contributed by atoms with Crippen molar-refractivity contribution in [2.45, 2.75) is 19.9 Å². The number of aromatic nitrogens is 1. The fraction of sp³-hybridized carbons (Fsp3) is 0.160. The molecule has 28 heavy (non-hydrogen) atoms. The van der Waals surface area contributed by atoms with Gasteiger partial charge in [0.2, 0.25) is 0 Å². The van der Waals surface area contributed by atoms with E-state index in [9.17, 15) is 4.79 Å². The van der Waals surface area contributed by atoms with Gasteiger partial charge in [0, 0.05) is 35.3 Å². The lowest BCUT2D eigenvalue weighted by molar-refractivity contribution is 0.0756. The summed E-state index contributed by atoms with van der Waals surface area (Å²) in [4.78, 5) is 18.5. The van der Waals surface area contributed by atoms with Crippen molar-refractivity contribution >= 4 is 16.8 Å². The zero-order valence-corrected chi connectivity index (χ0v) is 16.4. The molecule has 0 radical (unpaired) electrons. The Hall–Kier alpha value is -3.33. The van der Waals surface area contributed by atoms with Gasteiger partial charge in [-0.15, -0.1) is 0 Å². The van der Waals surface area contributed by atoms with Crippen LogP contribution in [0.15, 0.2) is 79.0 Å². The molecule has 1 N–H and O–H groups in total. The summed E-state index contributed by atoms with van der Waals surface area (Å²) in [5, 5.41) is 1.14. The van der Waals surface area contributed by atoms with E-state index in [-0.39, 0.29) is 11.9 Å². The van der Waals surface area contributed by atoms with E-state index < -0.39 is 0 Å². The number of hydrogen-bond donors (Lipinski definition) is 1. The molecule has 0 fully saturated rings. The molecule has 0 aliphatic heterocycles. The highest BCUT2D eigenvalue weighted by atomic mass is 16.2. The fourth-order valence-electron chi connectivity index (χ4n) is 3.70. The molecular formula is C25H24N2O. The van der Waals surface area contributed by atoms with Crippen molar-refractivity contribution in [2.24, 2.45) is 0 Å². The van der Waals surface area contributed by atoms with E-state index in [4.69, 9.17) is 0 Å². The first-order chi connectivity index (χ1) is 13.5. The molecule has 4 rings (SSSR count). The van der Waals surface area contributed by atoms with E-state index >= 15 is 0 Å². The Bertz CT molecular complexity index is 1110. The van der Waals surface area contributed by atoms with Gasteiger partial charge in [-0.2, -0.15) is 0 Å². The molecule has 0 saturated carbocycles. The van der Waals surface area contributed by atoms with Crippen molar-refractivity contribution in [3.8, 4) is 0 Å². The Kier molecular flexibility index (Phi) is 4.74. The number of aryl methyl sites for hydroxylation is 2. The quantitative estimate of drug-likeness (QED) is 0.497. The van der Waals surface area contributed by atoms with Crippen LogP contribution in [-0.4, -0.2) is 22.8 Å². The van der Waals surface area contributed by atoms with Gasteiger partial charge in [-0.1, -0.05) is 65.7 Å². The molecule has 0 aliphatic rings. The normalized spacial score (nSPS) is 12.1. The maximum atomic E-state index is 13.3. The van der Waals surface area contributed by atoms with Gasteiger partial charge < -0.3 is 9.88 Å². The maximum Gasteiger partial charge on any atom is 0.254 e. The summed E-state index contributed by atoms with van der Waals surface area (Å²) in [6.45, 7) is 4.10. The minimum atomic E-state index is -0.175. The second kappa shape index (κ2) is 7.35. The number of para-hydroxylation sites is 1. The number of amides is 1. The molecule has 4 aromatic rings. The predicted molar refractivity (Wildman–Crippen MR) is 115 cm³/mol. The van der Waals surface area contributed by atoms with Crippen LogP contribution in [0.1, 0.15) is 38.7 Å². The van der Waals surface area contributed by atoms with Crippen LogP contribution in [0.25, 0.3) is 10.9 Å². The Labute approximate surface area is 165 Å². The van der Waals surface area contributed by atoms with Crippen LogP contribution in [0, 0.1) is 13.8 Å². The van der Waals surface area contributed by atoms with Crippen molar-refractivity contribution in [3.05, 3.63) is 107 Å². The zero-order valence-electron chi connectivity index (χ0n) is 16.4. The summed E-state index contributed by atoms with van der Waals surface area (Å²) in [6, 6.07) is 24.2. The topological polar surface area (TPSA) is 36.1 Å². The predicted octanol–water partition coefficient (Wildman–Crippen LogP) is 5.65. The molecule has 3 nitrogen and oxygen atoms in total. The lowest BCUT2D eigenvalue weighted by atomic mass is 9.95. The van der Waals surface area contributed by atoms with Crippen LogP contribution in [0.4, 0.5) is 0 Å². The molecule has 3 heteroatoms. The highest BCUT2D eigenvalue weighted by Crippen LogP contribution is 2.34. The number of carbonyl (C=O) groups excluding carboxylic acids is 1. The van der Waals surface area contributed by atoms with E-state index in [1.165, 1.54) is 5.56 Å².